The first kappa shape index (κ1) is 14.6. The van der Waals surface area contributed by atoms with E-state index in [1.807, 2.05) is 20.8 Å². The molecule has 0 aliphatic carbocycles. The van der Waals surface area contributed by atoms with E-state index in [0.717, 1.165) is 0 Å². The molecule has 0 radical (unpaired) electrons. The Balaban J connectivity index is 5.18. The summed E-state index contributed by atoms with van der Waals surface area (Å²) in [6.45, 7) is 11.2. The van der Waals surface area contributed by atoms with Gasteiger partial charge in [0, 0.05) is 18.6 Å². The van der Waals surface area contributed by atoms with Crippen LogP contribution in [0.25, 0.3) is 0 Å². The molecule has 5 heteroatoms. The van der Waals surface area contributed by atoms with Crippen LogP contribution in [0.1, 0.15) is 27.7 Å². The van der Waals surface area contributed by atoms with Crippen molar-refractivity contribution in [2.75, 3.05) is 13.1 Å². The second kappa shape index (κ2) is 5.09. The highest BCUT2D eigenvalue weighted by Crippen LogP contribution is 2.20. The molecule has 1 unspecified atom stereocenters. The Kier molecular flexibility index (Phi) is 4.96. The minimum atomic E-state index is -3.33. The molecular weight excluding hydrogens is 212 g/mol. The normalized spacial score (nSPS) is 15.3. The summed E-state index contributed by atoms with van der Waals surface area (Å²) in [4.78, 5) is 0. The second-order valence-electron chi connectivity index (χ2n) is 4.58. The predicted octanol–water partition coefficient (Wildman–Crippen LogP) is 0.950. The van der Waals surface area contributed by atoms with Crippen LogP contribution in [0.4, 0.5) is 0 Å². The molecule has 0 aromatic rings. The largest absolute Gasteiger partial charge is 0.329 e. The molecule has 0 heterocycles. The lowest BCUT2D eigenvalue weighted by atomic mass is 10.1. The summed E-state index contributed by atoms with van der Waals surface area (Å²) >= 11 is 0. The van der Waals surface area contributed by atoms with Crippen molar-refractivity contribution in [2.24, 2.45) is 5.73 Å². The van der Waals surface area contributed by atoms with Crippen LogP contribution in [-0.2, 0) is 10.0 Å². The van der Waals surface area contributed by atoms with Gasteiger partial charge in [-0.05, 0) is 27.7 Å². The number of sulfonamides is 1. The number of nitrogens with zero attached hydrogens (tertiary/aromatic N) is 1. The van der Waals surface area contributed by atoms with E-state index in [9.17, 15) is 8.42 Å². The van der Waals surface area contributed by atoms with Crippen LogP contribution >= 0.6 is 0 Å². The fourth-order valence-electron chi connectivity index (χ4n) is 1.22. The Hall–Kier alpha value is -0.390. The van der Waals surface area contributed by atoms with Gasteiger partial charge in [-0.3, -0.25) is 0 Å². The van der Waals surface area contributed by atoms with Crippen LogP contribution in [0, 0.1) is 0 Å². The highest BCUT2D eigenvalue weighted by Gasteiger charge is 2.34. The van der Waals surface area contributed by atoms with Crippen LogP contribution in [0.3, 0.4) is 0 Å². The van der Waals surface area contributed by atoms with Gasteiger partial charge in [-0.2, -0.15) is 4.31 Å². The van der Waals surface area contributed by atoms with E-state index >= 15 is 0 Å². The minimum absolute atomic E-state index is 0.131. The van der Waals surface area contributed by atoms with E-state index in [4.69, 9.17) is 5.73 Å². The molecular formula is C10H22N2O2S. The molecule has 0 aromatic heterocycles. The molecule has 0 saturated heterocycles. The lowest BCUT2D eigenvalue weighted by molar-refractivity contribution is 0.267. The number of hydrogen-bond donors (Lipinski definition) is 1. The highest BCUT2D eigenvalue weighted by atomic mass is 32.2. The van der Waals surface area contributed by atoms with E-state index < -0.39 is 20.8 Å². The van der Waals surface area contributed by atoms with Crippen molar-refractivity contribution in [3.63, 3.8) is 0 Å². The number of nitrogens with two attached hydrogens (primary N) is 1. The Labute approximate surface area is 93.2 Å². The molecule has 0 spiro atoms. The van der Waals surface area contributed by atoms with Crippen molar-refractivity contribution in [3.05, 3.63) is 12.7 Å². The van der Waals surface area contributed by atoms with Crippen molar-refractivity contribution < 1.29 is 8.42 Å². The maximum atomic E-state index is 12.1. The van der Waals surface area contributed by atoms with Gasteiger partial charge in [-0.15, -0.1) is 6.58 Å². The molecule has 0 bridgehead atoms. The van der Waals surface area contributed by atoms with Gasteiger partial charge in [0.25, 0.3) is 0 Å². The third-order valence-corrected chi connectivity index (χ3v) is 4.71. The summed E-state index contributed by atoms with van der Waals surface area (Å²) in [6, 6.07) is 0. The topological polar surface area (TPSA) is 63.4 Å². The Bertz CT molecular complexity index is 304. The molecule has 0 amide bonds. The highest BCUT2D eigenvalue weighted by molar-refractivity contribution is 7.89. The average Bonchev–Trinajstić information content (AvgIpc) is 2.10. The predicted molar refractivity (Wildman–Crippen MR) is 64.1 cm³/mol. The lowest BCUT2D eigenvalue weighted by Gasteiger charge is -2.35. The fourth-order valence-corrected chi connectivity index (χ4v) is 2.97. The summed E-state index contributed by atoms with van der Waals surface area (Å²) < 4.78 is 25.6. The summed E-state index contributed by atoms with van der Waals surface area (Å²) in [5.41, 5.74) is 4.96. The Morgan fingerprint density at radius 1 is 1.47 bits per heavy atom. The maximum absolute atomic E-state index is 12.1. The quantitative estimate of drug-likeness (QED) is 0.720. The molecule has 0 aliphatic rings. The van der Waals surface area contributed by atoms with Crippen LogP contribution in [-0.4, -0.2) is 36.6 Å². The second-order valence-corrected chi connectivity index (χ2v) is 6.86. The summed E-state index contributed by atoms with van der Waals surface area (Å²) in [7, 11) is -3.33. The van der Waals surface area contributed by atoms with Crippen molar-refractivity contribution in [1.82, 2.24) is 4.31 Å². The third kappa shape index (κ3) is 3.59. The van der Waals surface area contributed by atoms with Crippen LogP contribution in [0.5, 0.6) is 0 Å². The Morgan fingerprint density at radius 2 is 1.93 bits per heavy atom. The molecule has 90 valence electrons. The van der Waals surface area contributed by atoms with E-state index in [2.05, 4.69) is 6.58 Å². The van der Waals surface area contributed by atoms with E-state index in [1.165, 1.54) is 4.31 Å². The molecule has 15 heavy (non-hydrogen) atoms. The van der Waals surface area contributed by atoms with Gasteiger partial charge >= 0.3 is 0 Å². The zero-order valence-corrected chi connectivity index (χ0v) is 10.8. The van der Waals surface area contributed by atoms with E-state index in [-0.39, 0.29) is 6.54 Å². The summed E-state index contributed by atoms with van der Waals surface area (Å²) in [5.74, 6) is 0. The molecule has 0 aromatic carbocycles. The monoisotopic (exact) mass is 234 g/mol. The molecule has 0 aliphatic heterocycles. The summed E-state index contributed by atoms with van der Waals surface area (Å²) in [6.07, 6.45) is 1.59. The zero-order chi connectivity index (χ0) is 12.3. The molecule has 2 N–H and O–H groups in total. The SMILES string of the molecule is C=CCN(C(C)(C)C)S(=O)(=O)C(C)CN. The lowest BCUT2D eigenvalue weighted by Crippen LogP contribution is -2.50. The average molecular weight is 234 g/mol. The fraction of sp³-hybridized carbons (Fsp3) is 0.800. The molecule has 0 saturated carbocycles. The smallest absolute Gasteiger partial charge is 0.218 e. The van der Waals surface area contributed by atoms with E-state index in [1.54, 1.807) is 13.0 Å². The molecule has 0 fully saturated rings. The maximum Gasteiger partial charge on any atom is 0.218 e. The van der Waals surface area contributed by atoms with Gasteiger partial charge in [0.2, 0.25) is 10.0 Å². The molecule has 4 nitrogen and oxygen atoms in total. The van der Waals surface area contributed by atoms with Gasteiger partial charge in [0.1, 0.15) is 0 Å². The van der Waals surface area contributed by atoms with Crippen LogP contribution in [0.15, 0.2) is 12.7 Å². The third-order valence-electron chi connectivity index (χ3n) is 2.19. The van der Waals surface area contributed by atoms with Crippen molar-refractivity contribution in [1.29, 1.82) is 0 Å². The van der Waals surface area contributed by atoms with Gasteiger partial charge in [0.05, 0.1) is 5.25 Å². The first-order valence-corrected chi connectivity index (χ1v) is 6.51. The zero-order valence-electron chi connectivity index (χ0n) is 10.0. The first-order valence-electron chi connectivity index (χ1n) is 5.00. The first-order chi connectivity index (χ1) is 6.67. The van der Waals surface area contributed by atoms with Crippen LogP contribution in [0.2, 0.25) is 0 Å². The van der Waals surface area contributed by atoms with Crippen molar-refractivity contribution in [3.8, 4) is 0 Å². The van der Waals surface area contributed by atoms with Crippen molar-refractivity contribution in [2.45, 2.75) is 38.5 Å². The molecule has 0 rings (SSSR count). The number of rotatable bonds is 5. The van der Waals surface area contributed by atoms with Crippen molar-refractivity contribution >= 4 is 10.0 Å². The number of hydrogen-bond acceptors (Lipinski definition) is 3. The molecule has 1 atom stereocenters. The standard InChI is InChI=1S/C10H22N2O2S/c1-6-7-12(10(3,4)5)15(13,14)9(2)8-11/h6,9H,1,7-8,11H2,2-5H3. The van der Waals surface area contributed by atoms with Gasteiger partial charge in [0.15, 0.2) is 0 Å². The van der Waals surface area contributed by atoms with Gasteiger partial charge in [-0.1, -0.05) is 6.08 Å². The summed E-state index contributed by atoms with van der Waals surface area (Å²) in [5, 5.41) is -0.559. The van der Waals surface area contributed by atoms with Crippen LogP contribution < -0.4 is 5.73 Å². The van der Waals surface area contributed by atoms with E-state index in [0.29, 0.717) is 6.54 Å². The van der Waals surface area contributed by atoms with Gasteiger partial charge in [-0.25, -0.2) is 8.42 Å². The minimum Gasteiger partial charge on any atom is -0.329 e. The van der Waals surface area contributed by atoms with Gasteiger partial charge < -0.3 is 5.73 Å². The Morgan fingerprint density at radius 3 is 2.20 bits per heavy atom.